The summed E-state index contributed by atoms with van der Waals surface area (Å²) in [5.41, 5.74) is 2.25. The number of para-hydroxylation sites is 1. The summed E-state index contributed by atoms with van der Waals surface area (Å²) >= 11 is 0. The lowest BCUT2D eigenvalue weighted by Crippen LogP contribution is -2.47. The zero-order chi connectivity index (χ0) is 16.1. The monoisotopic (exact) mass is 312 g/mol. The molecule has 3 rings (SSSR count). The first-order valence-corrected chi connectivity index (χ1v) is 8.78. The molecule has 1 N–H and O–H groups in total. The fourth-order valence-corrected chi connectivity index (χ4v) is 3.33. The van der Waals surface area contributed by atoms with Crippen molar-refractivity contribution in [2.75, 3.05) is 51.1 Å². The van der Waals surface area contributed by atoms with Crippen molar-refractivity contribution in [3.63, 3.8) is 0 Å². The number of anilines is 1. The Morgan fingerprint density at radius 3 is 2.61 bits per heavy atom. The predicted octanol–water partition coefficient (Wildman–Crippen LogP) is 2.92. The first-order valence-electron chi connectivity index (χ1n) is 8.78. The summed E-state index contributed by atoms with van der Waals surface area (Å²) < 4.78 is 0. The Labute approximate surface area is 139 Å². The Kier molecular flexibility index (Phi) is 5.47. The summed E-state index contributed by atoms with van der Waals surface area (Å²) in [4.78, 5) is 9.56. The van der Waals surface area contributed by atoms with Crippen LogP contribution in [0.3, 0.4) is 0 Å². The molecule has 1 aliphatic rings. The lowest BCUT2D eigenvalue weighted by Gasteiger charge is -2.35. The molecule has 23 heavy (non-hydrogen) atoms. The van der Waals surface area contributed by atoms with E-state index in [-0.39, 0.29) is 0 Å². The number of hydrogen-bond acceptors (Lipinski definition) is 4. The quantitative estimate of drug-likeness (QED) is 0.889. The molecule has 0 spiro atoms. The highest BCUT2D eigenvalue weighted by molar-refractivity contribution is 5.90. The minimum absolute atomic E-state index is 0.634. The zero-order valence-electron chi connectivity index (χ0n) is 14.3. The van der Waals surface area contributed by atoms with Crippen LogP contribution >= 0.6 is 0 Å². The molecule has 124 valence electrons. The highest BCUT2D eigenvalue weighted by Crippen LogP contribution is 2.21. The largest absolute Gasteiger partial charge is 0.384 e. The molecule has 1 aromatic carbocycles. The SMILES string of the molecule is CCN1CCN(CC(C)CNc2ccnc3ccccc23)CC1. The normalized spacial score (nSPS) is 18.2. The molecule has 1 atom stereocenters. The van der Waals surface area contributed by atoms with Crippen molar-refractivity contribution in [2.45, 2.75) is 13.8 Å². The van der Waals surface area contributed by atoms with Gasteiger partial charge in [0.2, 0.25) is 0 Å². The number of pyridine rings is 1. The maximum Gasteiger partial charge on any atom is 0.0722 e. The van der Waals surface area contributed by atoms with Crippen LogP contribution in [-0.2, 0) is 0 Å². The standard InChI is InChI=1S/C19H28N4/c1-3-22-10-12-23(13-11-22)15-16(2)14-21-19-8-9-20-18-7-5-4-6-17(18)19/h4-9,16H,3,10-15H2,1-2H3,(H,20,21). The molecule has 0 amide bonds. The van der Waals surface area contributed by atoms with Crippen molar-refractivity contribution in [2.24, 2.45) is 5.92 Å². The van der Waals surface area contributed by atoms with Gasteiger partial charge in [0.05, 0.1) is 5.52 Å². The molecule has 0 radical (unpaired) electrons. The molecule has 1 aliphatic heterocycles. The average molecular weight is 312 g/mol. The molecular weight excluding hydrogens is 284 g/mol. The molecule has 1 fully saturated rings. The van der Waals surface area contributed by atoms with Gasteiger partial charge in [0, 0.05) is 56.5 Å². The van der Waals surface area contributed by atoms with Crippen molar-refractivity contribution in [1.82, 2.24) is 14.8 Å². The Morgan fingerprint density at radius 2 is 1.83 bits per heavy atom. The van der Waals surface area contributed by atoms with Crippen molar-refractivity contribution in [3.05, 3.63) is 36.5 Å². The number of nitrogens with one attached hydrogen (secondary N) is 1. The van der Waals surface area contributed by atoms with Crippen molar-refractivity contribution in [1.29, 1.82) is 0 Å². The van der Waals surface area contributed by atoms with Crippen LogP contribution in [-0.4, -0.2) is 60.6 Å². The van der Waals surface area contributed by atoms with Gasteiger partial charge in [-0.1, -0.05) is 32.0 Å². The molecular formula is C19H28N4. The minimum atomic E-state index is 0.634. The summed E-state index contributed by atoms with van der Waals surface area (Å²) in [5.74, 6) is 0.634. The topological polar surface area (TPSA) is 31.4 Å². The van der Waals surface area contributed by atoms with Gasteiger partial charge in [0.25, 0.3) is 0 Å². The summed E-state index contributed by atoms with van der Waals surface area (Å²) in [6.07, 6.45) is 1.89. The molecule has 0 aliphatic carbocycles. The van der Waals surface area contributed by atoms with Crippen LogP contribution < -0.4 is 5.32 Å². The number of fused-ring (bicyclic) bond motifs is 1. The lowest BCUT2D eigenvalue weighted by molar-refractivity contribution is 0.126. The Balaban J connectivity index is 1.51. The maximum atomic E-state index is 4.42. The molecule has 4 heteroatoms. The first-order chi connectivity index (χ1) is 11.3. The van der Waals surface area contributed by atoms with Crippen LogP contribution in [0.4, 0.5) is 5.69 Å². The Morgan fingerprint density at radius 1 is 1.09 bits per heavy atom. The predicted molar refractivity (Wildman–Crippen MR) is 98.0 cm³/mol. The van der Waals surface area contributed by atoms with E-state index in [1.807, 2.05) is 12.3 Å². The van der Waals surface area contributed by atoms with E-state index < -0.39 is 0 Å². The molecule has 0 saturated carbocycles. The number of likely N-dealkylation sites (N-methyl/N-ethyl adjacent to an activating group) is 1. The highest BCUT2D eigenvalue weighted by Gasteiger charge is 2.17. The first kappa shape index (κ1) is 16.2. The molecule has 1 aromatic heterocycles. The Hall–Kier alpha value is -1.65. The molecule has 1 saturated heterocycles. The van der Waals surface area contributed by atoms with E-state index >= 15 is 0 Å². The molecule has 4 nitrogen and oxygen atoms in total. The summed E-state index contributed by atoms with van der Waals surface area (Å²) in [6, 6.07) is 10.4. The zero-order valence-corrected chi connectivity index (χ0v) is 14.3. The Bertz CT molecular complexity index is 614. The number of benzene rings is 1. The van der Waals surface area contributed by atoms with Gasteiger partial charge in [-0.25, -0.2) is 0 Å². The van der Waals surface area contributed by atoms with E-state index in [1.165, 1.54) is 50.3 Å². The van der Waals surface area contributed by atoms with Crippen LogP contribution in [0.1, 0.15) is 13.8 Å². The second-order valence-electron chi connectivity index (χ2n) is 6.60. The van der Waals surface area contributed by atoms with E-state index in [0.717, 1.165) is 12.1 Å². The van der Waals surface area contributed by atoms with E-state index in [1.54, 1.807) is 0 Å². The highest BCUT2D eigenvalue weighted by atomic mass is 15.3. The van der Waals surface area contributed by atoms with E-state index in [2.05, 4.69) is 58.2 Å². The minimum Gasteiger partial charge on any atom is -0.384 e. The van der Waals surface area contributed by atoms with E-state index in [4.69, 9.17) is 0 Å². The van der Waals surface area contributed by atoms with Crippen LogP contribution in [0, 0.1) is 5.92 Å². The second kappa shape index (κ2) is 7.75. The van der Waals surface area contributed by atoms with Gasteiger partial charge < -0.3 is 15.1 Å². The van der Waals surface area contributed by atoms with Gasteiger partial charge in [0.1, 0.15) is 0 Å². The van der Waals surface area contributed by atoms with E-state index in [0.29, 0.717) is 5.92 Å². The molecule has 2 aromatic rings. The third-order valence-corrected chi connectivity index (χ3v) is 4.77. The van der Waals surface area contributed by atoms with Gasteiger partial charge >= 0.3 is 0 Å². The summed E-state index contributed by atoms with van der Waals surface area (Å²) in [6.45, 7) is 12.8. The molecule has 1 unspecified atom stereocenters. The van der Waals surface area contributed by atoms with Crippen molar-refractivity contribution >= 4 is 16.6 Å². The smallest absolute Gasteiger partial charge is 0.0722 e. The van der Waals surface area contributed by atoms with Crippen molar-refractivity contribution in [3.8, 4) is 0 Å². The van der Waals surface area contributed by atoms with Gasteiger partial charge in [-0.05, 0) is 24.6 Å². The third kappa shape index (κ3) is 4.21. The second-order valence-corrected chi connectivity index (χ2v) is 6.60. The van der Waals surface area contributed by atoms with Crippen LogP contribution in [0.15, 0.2) is 36.5 Å². The fraction of sp³-hybridized carbons (Fsp3) is 0.526. The average Bonchev–Trinajstić information content (AvgIpc) is 2.60. The van der Waals surface area contributed by atoms with Gasteiger partial charge in [0.15, 0.2) is 0 Å². The number of nitrogens with zero attached hydrogens (tertiary/aromatic N) is 3. The van der Waals surface area contributed by atoms with Crippen LogP contribution in [0.2, 0.25) is 0 Å². The van der Waals surface area contributed by atoms with Gasteiger partial charge in [-0.15, -0.1) is 0 Å². The fourth-order valence-electron chi connectivity index (χ4n) is 3.33. The summed E-state index contributed by atoms with van der Waals surface area (Å²) in [5, 5.41) is 4.83. The number of rotatable bonds is 6. The molecule has 0 bridgehead atoms. The summed E-state index contributed by atoms with van der Waals surface area (Å²) in [7, 11) is 0. The maximum absolute atomic E-state index is 4.42. The number of piperazine rings is 1. The third-order valence-electron chi connectivity index (χ3n) is 4.77. The molecule has 2 heterocycles. The van der Waals surface area contributed by atoms with Gasteiger partial charge in [-0.3, -0.25) is 4.98 Å². The van der Waals surface area contributed by atoms with E-state index in [9.17, 15) is 0 Å². The van der Waals surface area contributed by atoms with Crippen LogP contribution in [0.25, 0.3) is 10.9 Å². The van der Waals surface area contributed by atoms with Crippen LogP contribution in [0.5, 0.6) is 0 Å². The lowest BCUT2D eigenvalue weighted by atomic mass is 10.1. The number of aromatic nitrogens is 1. The van der Waals surface area contributed by atoms with Gasteiger partial charge in [-0.2, -0.15) is 0 Å². The number of hydrogen-bond donors (Lipinski definition) is 1. The van der Waals surface area contributed by atoms with Crippen molar-refractivity contribution < 1.29 is 0 Å².